The van der Waals surface area contributed by atoms with Crippen LogP contribution in [0.3, 0.4) is 0 Å². The molecule has 1 aromatic rings. The first-order valence-corrected chi connectivity index (χ1v) is 8.63. The molecule has 1 atom stereocenters. The van der Waals surface area contributed by atoms with Gasteiger partial charge in [0.25, 0.3) is 0 Å². The Kier molecular flexibility index (Phi) is 6.79. The van der Waals surface area contributed by atoms with Crippen LogP contribution < -0.4 is 0 Å². The number of aryl methyl sites for hydroxylation is 1. The fraction of sp³-hybridized carbons (Fsp3) is 0.579. The topological polar surface area (TPSA) is 66.8 Å². The summed E-state index contributed by atoms with van der Waals surface area (Å²) < 4.78 is 5.40. The van der Waals surface area contributed by atoms with Gasteiger partial charge in [-0.25, -0.2) is 0 Å². The van der Waals surface area contributed by atoms with Crippen LogP contribution in [0.15, 0.2) is 24.3 Å². The number of nitrogens with zero attached hydrogens (tertiary/aromatic N) is 1. The molecule has 1 amide bonds. The monoisotopic (exact) mass is 333 g/mol. The lowest BCUT2D eigenvalue weighted by Gasteiger charge is -2.32. The van der Waals surface area contributed by atoms with Gasteiger partial charge in [0.1, 0.15) is 0 Å². The molecular weight excluding hydrogens is 306 g/mol. The van der Waals surface area contributed by atoms with E-state index in [1.807, 2.05) is 0 Å². The van der Waals surface area contributed by atoms with Crippen LogP contribution >= 0.6 is 0 Å². The fourth-order valence-electron chi connectivity index (χ4n) is 2.99. The number of benzene rings is 1. The smallest absolute Gasteiger partial charge is 0.306 e. The number of hydrogen-bond acceptors (Lipinski definition) is 3. The maximum absolute atomic E-state index is 12.3. The number of carboxylic acid groups (broad SMARTS) is 1. The SMILES string of the molecule is CC(C)Cc1ccc(CCC(=O)N2CCOC(CC(=O)O)C2)cc1. The summed E-state index contributed by atoms with van der Waals surface area (Å²) in [6, 6.07) is 8.46. The van der Waals surface area contributed by atoms with Gasteiger partial charge in [-0.1, -0.05) is 38.1 Å². The first-order chi connectivity index (χ1) is 11.4. The molecule has 0 spiro atoms. The zero-order chi connectivity index (χ0) is 17.5. The Morgan fingerprint density at radius 1 is 1.25 bits per heavy atom. The lowest BCUT2D eigenvalue weighted by atomic mass is 10.0. The van der Waals surface area contributed by atoms with Crippen molar-refractivity contribution in [3.05, 3.63) is 35.4 Å². The Hall–Kier alpha value is -1.88. The molecule has 0 saturated carbocycles. The van der Waals surface area contributed by atoms with Crippen LogP contribution in [0, 0.1) is 5.92 Å². The lowest BCUT2D eigenvalue weighted by molar-refractivity contribution is -0.147. The van der Waals surface area contributed by atoms with Gasteiger partial charge in [-0.2, -0.15) is 0 Å². The standard InChI is InChI=1S/C19H27NO4/c1-14(2)11-16-5-3-15(4-6-16)7-8-18(21)20-9-10-24-17(13-20)12-19(22)23/h3-6,14,17H,7-13H2,1-2H3,(H,22,23). The van der Waals surface area contributed by atoms with Crippen molar-refractivity contribution in [3.63, 3.8) is 0 Å². The van der Waals surface area contributed by atoms with Gasteiger partial charge in [-0.05, 0) is 29.9 Å². The van der Waals surface area contributed by atoms with Crippen LogP contribution in [0.25, 0.3) is 0 Å². The summed E-state index contributed by atoms with van der Waals surface area (Å²) in [5.41, 5.74) is 2.48. The van der Waals surface area contributed by atoms with E-state index in [4.69, 9.17) is 9.84 Å². The first kappa shape index (κ1) is 18.5. The van der Waals surface area contributed by atoms with E-state index in [1.54, 1.807) is 4.90 Å². The molecule has 1 heterocycles. The maximum atomic E-state index is 12.3. The van der Waals surface area contributed by atoms with Gasteiger partial charge in [0, 0.05) is 19.5 Å². The zero-order valence-corrected chi connectivity index (χ0v) is 14.5. The molecule has 1 N–H and O–H groups in total. The largest absolute Gasteiger partial charge is 0.481 e. The minimum Gasteiger partial charge on any atom is -0.481 e. The van der Waals surface area contributed by atoms with Crippen molar-refractivity contribution >= 4 is 11.9 Å². The van der Waals surface area contributed by atoms with Crippen molar-refractivity contribution in [3.8, 4) is 0 Å². The van der Waals surface area contributed by atoms with Crippen LogP contribution in [0.2, 0.25) is 0 Å². The predicted molar refractivity (Wildman–Crippen MR) is 91.9 cm³/mol. The summed E-state index contributed by atoms with van der Waals surface area (Å²) >= 11 is 0. The molecule has 1 aliphatic heterocycles. The molecule has 2 rings (SSSR count). The van der Waals surface area contributed by atoms with Gasteiger partial charge in [0.2, 0.25) is 5.91 Å². The average molecular weight is 333 g/mol. The molecular formula is C19H27NO4. The average Bonchev–Trinajstić information content (AvgIpc) is 2.53. The van der Waals surface area contributed by atoms with Gasteiger partial charge < -0.3 is 14.7 Å². The highest BCUT2D eigenvalue weighted by molar-refractivity contribution is 5.76. The van der Waals surface area contributed by atoms with Crippen LogP contribution in [0.1, 0.15) is 37.8 Å². The van der Waals surface area contributed by atoms with Gasteiger partial charge in [0.15, 0.2) is 0 Å². The first-order valence-electron chi connectivity index (χ1n) is 8.63. The van der Waals surface area contributed by atoms with E-state index >= 15 is 0 Å². The van der Waals surface area contributed by atoms with Gasteiger partial charge in [-0.15, -0.1) is 0 Å². The summed E-state index contributed by atoms with van der Waals surface area (Å²) in [5.74, 6) is -0.187. The number of amides is 1. The lowest BCUT2D eigenvalue weighted by Crippen LogP contribution is -2.46. The van der Waals surface area contributed by atoms with Gasteiger partial charge in [-0.3, -0.25) is 9.59 Å². The highest BCUT2D eigenvalue weighted by atomic mass is 16.5. The minimum atomic E-state index is -0.893. The van der Waals surface area contributed by atoms with Crippen molar-refractivity contribution in [2.24, 2.45) is 5.92 Å². The Morgan fingerprint density at radius 3 is 2.54 bits per heavy atom. The second-order valence-electron chi connectivity index (χ2n) is 6.84. The van der Waals surface area contributed by atoms with E-state index in [0.717, 1.165) is 12.0 Å². The molecule has 1 fully saturated rings. The van der Waals surface area contributed by atoms with Crippen molar-refractivity contribution in [2.75, 3.05) is 19.7 Å². The molecule has 0 bridgehead atoms. The van der Waals surface area contributed by atoms with Crippen LogP contribution in [0.5, 0.6) is 0 Å². The summed E-state index contributed by atoms with van der Waals surface area (Å²) in [5, 5.41) is 8.84. The third-order valence-electron chi connectivity index (χ3n) is 4.19. The van der Waals surface area contributed by atoms with Gasteiger partial charge in [0.05, 0.1) is 19.1 Å². The summed E-state index contributed by atoms with van der Waals surface area (Å²) in [4.78, 5) is 24.8. The van der Waals surface area contributed by atoms with Crippen LogP contribution in [-0.4, -0.2) is 47.7 Å². The Morgan fingerprint density at radius 2 is 1.92 bits per heavy atom. The Bertz CT molecular complexity index is 553. The van der Waals surface area contributed by atoms with Crippen molar-refractivity contribution in [1.82, 2.24) is 4.90 Å². The molecule has 1 aromatic carbocycles. The number of aliphatic carboxylic acids is 1. The Balaban J connectivity index is 1.80. The van der Waals surface area contributed by atoms with E-state index in [2.05, 4.69) is 38.1 Å². The highest BCUT2D eigenvalue weighted by Gasteiger charge is 2.25. The maximum Gasteiger partial charge on any atom is 0.306 e. The number of hydrogen-bond donors (Lipinski definition) is 1. The quantitative estimate of drug-likeness (QED) is 0.832. The summed E-state index contributed by atoms with van der Waals surface area (Å²) in [6.07, 6.45) is 1.78. The molecule has 0 aliphatic carbocycles. The second kappa shape index (κ2) is 8.83. The number of carbonyl (C=O) groups excluding carboxylic acids is 1. The zero-order valence-electron chi connectivity index (χ0n) is 14.5. The van der Waals surface area contributed by atoms with Gasteiger partial charge >= 0.3 is 5.97 Å². The number of rotatable bonds is 7. The number of carboxylic acids is 1. The summed E-state index contributed by atoms with van der Waals surface area (Å²) in [7, 11) is 0. The number of carbonyl (C=O) groups is 2. The van der Waals surface area contributed by atoms with Crippen LogP contribution in [-0.2, 0) is 27.2 Å². The molecule has 5 nitrogen and oxygen atoms in total. The number of morpholine rings is 1. The van der Waals surface area contributed by atoms with Crippen molar-refractivity contribution < 1.29 is 19.4 Å². The third kappa shape index (κ3) is 5.96. The molecule has 132 valence electrons. The minimum absolute atomic E-state index is 0.0545. The Labute approximate surface area is 143 Å². The van der Waals surface area contributed by atoms with Crippen LogP contribution in [0.4, 0.5) is 0 Å². The molecule has 1 saturated heterocycles. The molecule has 1 aliphatic rings. The normalized spacial score (nSPS) is 18.0. The van der Waals surface area contributed by atoms with E-state index < -0.39 is 12.1 Å². The summed E-state index contributed by atoms with van der Waals surface area (Å²) in [6.45, 7) is 5.73. The highest BCUT2D eigenvalue weighted by Crippen LogP contribution is 2.14. The number of ether oxygens (including phenoxy) is 1. The third-order valence-corrected chi connectivity index (χ3v) is 4.19. The van der Waals surface area contributed by atoms with Crippen molar-refractivity contribution in [1.29, 1.82) is 0 Å². The van der Waals surface area contributed by atoms with E-state index in [-0.39, 0.29) is 12.3 Å². The second-order valence-corrected chi connectivity index (χ2v) is 6.84. The van der Waals surface area contributed by atoms with E-state index in [0.29, 0.717) is 38.5 Å². The predicted octanol–water partition coefficient (Wildman–Crippen LogP) is 2.52. The molecule has 0 aromatic heterocycles. The fourth-order valence-corrected chi connectivity index (χ4v) is 2.99. The molecule has 24 heavy (non-hydrogen) atoms. The van der Waals surface area contributed by atoms with Crippen molar-refractivity contribution in [2.45, 2.75) is 45.6 Å². The molecule has 5 heteroatoms. The van der Waals surface area contributed by atoms with E-state index in [9.17, 15) is 9.59 Å². The molecule has 1 unspecified atom stereocenters. The molecule has 0 radical (unpaired) electrons. The van der Waals surface area contributed by atoms with E-state index in [1.165, 1.54) is 5.56 Å².